The van der Waals surface area contributed by atoms with Crippen molar-refractivity contribution in [2.24, 2.45) is 34.5 Å². The third-order valence-electron chi connectivity index (χ3n) is 8.56. The van der Waals surface area contributed by atoms with E-state index in [4.69, 9.17) is 0 Å². The van der Waals surface area contributed by atoms with E-state index in [-0.39, 0.29) is 6.10 Å². The van der Waals surface area contributed by atoms with Gasteiger partial charge in [0.1, 0.15) is 0 Å². The molecule has 0 heterocycles. The second-order valence-corrected chi connectivity index (χ2v) is 9.15. The van der Waals surface area contributed by atoms with Crippen LogP contribution in [0.2, 0.25) is 0 Å². The summed E-state index contributed by atoms with van der Waals surface area (Å²) in [6.45, 7) is 7.64. The number of fused-ring (bicyclic) bond motifs is 5. The van der Waals surface area contributed by atoms with E-state index in [9.17, 15) is 5.11 Å². The van der Waals surface area contributed by atoms with E-state index in [1.807, 2.05) is 0 Å². The van der Waals surface area contributed by atoms with Gasteiger partial charge in [0.25, 0.3) is 0 Å². The van der Waals surface area contributed by atoms with Gasteiger partial charge in [-0.3, -0.25) is 0 Å². The molecule has 3 fully saturated rings. The van der Waals surface area contributed by atoms with Gasteiger partial charge in [0.15, 0.2) is 0 Å². The third kappa shape index (κ3) is 1.85. The number of aliphatic hydroxyl groups is 1. The summed E-state index contributed by atoms with van der Waals surface area (Å²) in [5.74, 6) is 3.78. The fourth-order valence-corrected chi connectivity index (χ4v) is 6.97. The Morgan fingerprint density at radius 1 is 1.00 bits per heavy atom. The highest BCUT2D eigenvalue weighted by molar-refractivity contribution is 5.25. The Morgan fingerprint density at radius 3 is 2.62 bits per heavy atom. The van der Waals surface area contributed by atoms with Crippen LogP contribution in [0, 0.1) is 34.5 Å². The summed E-state index contributed by atoms with van der Waals surface area (Å²) in [7, 11) is 0. The maximum absolute atomic E-state index is 10.0. The lowest BCUT2D eigenvalue weighted by atomic mass is 9.47. The van der Waals surface area contributed by atoms with Crippen LogP contribution in [0.3, 0.4) is 0 Å². The minimum absolute atomic E-state index is 0.162. The van der Waals surface area contributed by atoms with Gasteiger partial charge in [-0.05, 0) is 85.9 Å². The normalized spacial score (nSPS) is 56.2. The molecule has 1 N–H and O–H groups in total. The summed E-state index contributed by atoms with van der Waals surface area (Å²) in [6, 6.07) is 0. The van der Waals surface area contributed by atoms with Crippen molar-refractivity contribution in [3.05, 3.63) is 11.6 Å². The first kappa shape index (κ1) is 14.3. The second-order valence-electron chi connectivity index (χ2n) is 9.15. The number of rotatable bonds is 0. The molecule has 4 rings (SSSR count). The van der Waals surface area contributed by atoms with Crippen molar-refractivity contribution >= 4 is 0 Å². The zero-order valence-electron chi connectivity index (χ0n) is 14.1. The molecule has 1 nitrogen and oxygen atoms in total. The van der Waals surface area contributed by atoms with Crippen LogP contribution in [0.25, 0.3) is 0 Å². The lowest BCUT2D eigenvalue weighted by molar-refractivity contribution is -0.0528. The number of aliphatic hydroxyl groups excluding tert-OH is 1. The van der Waals surface area contributed by atoms with Gasteiger partial charge in [0.2, 0.25) is 0 Å². The largest absolute Gasteiger partial charge is 0.389 e. The first-order valence-corrected chi connectivity index (χ1v) is 9.34. The van der Waals surface area contributed by atoms with Crippen molar-refractivity contribution in [2.75, 3.05) is 0 Å². The van der Waals surface area contributed by atoms with Crippen LogP contribution in [0.5, 0.6) is 0 Å². The van der Waals surface area contributed by atoms with Crippen LogP contribution < -0.4 is 0 Å². The summed E-state index contributed by atoms with van der Waals surface area (Å²) in [5.41, 5.74) is 2.65. The van der Waals surface area contributed by atoms with Gasteiger partial charge in [-0.2, -0.15) is 0 Å². The molecule has 4 aliphatic rings. The van der Waals surface area contributed by atoms with E-state index < -0.39 is 0 Å². The standard InChI is InChI=1S/C20H32O/c1-13-4-7-17-16-6-5-14-12-15(21)8-10-20(14,3)18(16)9-11-19(13,17)2/h12-13,15-18,21H,4-11H2,1-3H3/t13?,15-,16?,17?,18?,19?,20?/m1/s1. The molecular weight excluding hydrogens is 256 g/mol. The topological polar surface area (TPSA) is 20.2 Å². The Balaban J connectivity index is 1.67. The maximum Gasteiger partial charge on any atom is 0.0724 e. The quantitative estimate of drug-likeness (QED) is 0.626. The Bertz CT molecular complexity index is 466. The van der Waals surface area contributed by atoms with Crippen molar-refractivity contribution in [3.8, 4) is 0 Å². The van der Waals surface area contributed by atoms with Crippen molar-refractivity contribution in [1.29, 1.82) is 0 Å². The highest BCUT2D eigenvalue weighted by atomic mass is 16.3. The highest BCUT2D eigenvalue weighted by Crippen LogP contribution is 2.66. The van der Waals surface area contributed by atoms with Crippen LogP contribution in [0.1, 0.15) is 72.1 Å². The molecular formula is C20H32O. The van der Waals surface area contributed by atoms with E-state index in [0.29, 0.717) is 10.8 Å². The van der Waals surface area contributed by atoms with Crippen LogP contribution >= 0.6 is 0 Å². The lowest BCUT2D eigenvalue weighted by Crippen LogP contribution is -2.50. The summed E-state index contributed by atoms with van der Waals surface area (Å²) in [6.07, 6.45) is 12.8. The summed E-state index contributed by atoms with van der Waals surface area (Å²) in [4.78, 5) is 0. The molecule has 0 aliphatic heterocycles. The number of allylic oxidation sites excluding steroid dienone is 1. The van der Waals surface area contributed by atoms with Gasteiger partial charge in [0.05, 0.1) is 6.10 Å². The summed E-state index contributed by atoms with van der Waals surface area (Å²) in [5, 5.41) is 10.0. The van der Waals surface area contributed by atoms with Crippen LogP contribution in [-0.4, -0.2) is 11.2 Å². The van der Waals surface area contributed by atoms with Crippen LogP contribution in [-0.2, 0) is 0 Å². The van der Waals surface area contributed by atoms with Crippen molar-refractivity contribution in [1.82, 2.24) is 0 Å². The zero-order valence-corrected chi connectivity index (χ0v) is 14.1. The Kier molecular flexibility index (Phi) is 3.13. The average Bonchev–Trinajstić information content (AvgIpc) is 2.76. The molecule has 0 aromatic carbocycles. The van der Waals surface area contributed by atoms with Gasteiger partial charge in [-0.15, -0.1) is 0 Å². The molecule has 3 saturated carbocycles. The predicted octanol–water partition coefficient (Wildman–Crippen LogP) is 4.95. The third-order valence-corrected chi connectivity index (χ3v) is 8.56. The molecule has 21 heavy (non-hydrogen) atoms. The average molecular weight is 288 g/mol. The van der Waals surface area contributed by atoms with Crippen LogP contribution in [0.15, 0.2) is 11.6 Å². The van der Waals surface area contributed by atoms with Gasteiger partial charge in [-0.1, -0.05) is 32.4 Å². The molecule has 0 radical (unpaired) electrons. The molecule has 4 aliphatic carbocycles. The number of hydrogen-bond acceptors (Lipinski definition) is 1. The monoisotopic (exact) mass is 288 g/mol. The van der Waals surface area contributed by atoms with Crippen molar-refractivity contribution in [2.45, 2.75) is 78.2 Å². The SMILES string of the molecule is CC1CCC2C3CCC4=C[C@H](O)CCC4(C)C3CCC12C. The smallest absolute Gasteiger partial charge is 0.0724 e. The number of hydrogen-bond donors (Lipinski definition) is 1. The lowest BCUT2D eigenvalue weighted by Gasteiger charge is -2.58. The van der Waals surface area contributed by atoms with Gasteiger partial charge < -0.3 is 5.11 Å². The Labute approximate surface area is 130 Å². The van der Waals surface area contributed by atoms with Crippen molar-refractivity contribution in [3.63, 3.8) is 0 Å². The molecule has 0 spiro atoms. The molecule has 7 atom stereocenters. The van der Waals surface area contributed by atoms with Crippen LogP contribution in [0.4, 0.5) is 0 Å². The van der Waals surface area contributed by atoms with E-state index in [0.717, 1.165) is 30.1 Å². The molecule has 0 aromatic heterocycles. The minimum atomic E-state index is -0.162. The van der Waals surface area contributed by atoms with Gasteiger partial charge in [0, 0.05) is 0 Å². The summed E-state index contributed by atoms with van der Waals surface area (Å²) < 4.78 is 0. The van der Waals surface area contributed by atoms with E-state index in [1.54, 1.807) is 5.57 Å². The second kappa shape index (κ2) is 4.60. The highest BCUT2D eigenvalue weighted by Gasteiger charge is 2.57. The molecule has 0 aromatic rings. The van der Waals surface area contributed by atoms with E-state index >= 15 is 0 Å². The summed E-state index contributed by atoms with van der Waals surface area (Å²) >= 11 is 0. The van der Waals surface area contributed by atoms with Crippen molar-refractivity contribution < 1.29 is 5.11 Å². The van der Waals surface area contributed by atoms with Gasteiger partial charge in [-0.25, -0.2) is 0 Å². The molecule has 0 bridgehead atoms. The molecule has 0 saturated heterocycles. The Morgan fingerprint density at radius 2 is 1.81 bits per heavy atom. The fraction of sp³-hybridized carbons (Fsp3) is 0.900. The van der Waals surface area contributed by atoms with E-state index in [2.05, 4.69) is 26.8 Å². The first-order valence-electron chi connectivity index (χ1n) is 9.34. The molecule has 118 valence electrons. The maximum atomic E-state index is 10.0. The Hall–Kier alpha value is -0.300. The molecule has 6 unspecified atom stereocenters. The molecule has 0 amide bonds. The van der Waals surface area contributed by atoms with Gasteiger partial charge >= 0.3 is 0 Å². The molecule has 1 heteroatoms. The first-order chi connectivity index (χ1) is 9.95. The zero-order chi connectivity index (χ0) is 14.8. The minimum Gasteiger partial charge on any atom is -0.389 e. The fourth-order valence-electron chi connectivity index (χ4n) is 6.97. The predicted molar refractivity (Wildman–Crippen MR) is 86.9 cm³/mol. The van der Waals surface area contributed by atoms with E-state index in [1.165, 1.54) is 44.9 Å².